The molecule has 0 bridgehead atoms. The number of benzene rings is 1. The zero-order chi connectivity index (χ0) is 20.2. The summed E-state index contributed by atoms with van der Waals surface area (Å²) in [4.78, 5) is 32.4. The van der Waals surface area contributed by atoms with Crippen molar-refractivity contribution in [1.82, 2.24) is 14.7 Å². The normalized spacial score (nSPS) is 29.1. The summed E-state index contributed by atoms with van der Waals surface area (Å²) in [6.45, 7) is 2.88. The summed E-state index contributed by atoms with van der Waals surface area (Å²) in [5, 5.41) is 0. The molecule has 4 rings (SSSR count). The Morgan fingerprint density at radius 1 is 0.966 bits per heavy atom. The number of carbonyl (C=O) groups is 2. The molecular formula is C24H35N3O2. The van der Waals surface area contributed by atoms with Crippen LogP contribution in [0.3, 0.4) is 0 Å². The van der Waals surface area contributed by atoms with E-state index in [2.05, 4.69) is 47.2 Å². The molecule has 0 N–H and O–H groups in total. The molecule has 3 aliphatic rings. The molecule has 3 atom stereocenters. The summed E-state index contributed by atoms with van der Waals surface area (Å²) in [6, 6.07) is 11.3. The molecule has 29 heavy (non-hydrogen) atoms. The summed E-state index contributed by atoms with van der Waals surface area (Å²) in [6.07, 6.45) is 8.10. The van der Waals surface area contributed by atoms with Crippen LogP contribution in [0.4, 0.5) is 0 Å². The van der Waals surface area contributed by atoms with Crippen LogP contribution in [0.5, 0.6) is 0 Å². The Kier molecular flexibility index (Phi) is 6.53. The molecule has 2 amide bonds. The lowest BCUT2D eigenvalue weighted by atomic mass is 9.79. The summed E-state index contributed by atoms with van der Waals surface area (Å²) in [5.74, 6) is 0.676. The molecule has 3 fully saturated rings. The van der Waals surface area contributed by atoms with Crippen LogP contribution in [0.2, 0.25) is 0 Å². The van der Waals surface area contributed by atoms with Crippen LogP contribution >= 0.6 is 0 Å². The van der Waals surface area contributed by atoms with E-state index in [-0.39, 0.29) is 24.4 Å². The molecule has 0 saturated carbocycles. The van der Waals surface area contributed by atoms with E-state index in [1.165, 1.54) is 12.0 Å². The third kappa shape index (κ3) is 4.50. The van der Waals surface area contributed by atoms with E-state index in [0.717, 1.165) is 58.2 Å². The Bertz CT molecular complexity index is 707. The van der Waals surface area contributed by atoms with Crippen LogP contribution in [0.25, 0.3) is 0 Å². The zero-order valence-electron chi connectivity index (χ0n) is 17.8. The monoisotopic (exact) mass is 397 g/mol. The van der Waals surface area contributed by atoms with Gasteiger partial charge in [0.05, 0.1) is 12.6 Å². The van der Waals surface area contributed by atoms with Crippen molar-refractivity contribution in [3.05, 3.63) is 35.9 Å². The maximum absolute atomic E-state index is 13.5. The van der Waals surface area contributed by atoms with Crippen LogP contribution in [-0.4, -0.2) is 71.8 Å². The lowest BCUT2D eigenvalue weighted by Gasteiger charge is -2.48. The molecule has 3 heterocycles. The van der Waals surface area contributed by atoms with Crippen molar-refractivity contribution in [2.45, 2.75) is 69.4 Å². The minimum absolute atomic E-state index is 0.147. The molecule has 0 spiro atoms. The first-order valence-electron chi connectivity index (χ1n) is 11.5. The number of nitrogens with zero attached hydrogens (tertiary/aromatic N) is 3. The van der Waals surface area contributed by atoms with Crippen molar-refractivity contribution in [2.24, 2.45) is 0 Å². The zero-order valence-corrected chi connectivity index (χ0v) is 17.8. The van der Waals surface area contributed by atoms with Crippen LogP contribution in [0.1, 0.15) is 62.8 Å². The highest BCUT2D eigenvalue weighted by Crippen LogP contribution is 2.38. The fourth-order valence-corrected chi connectivity index (χ4v) is 5.62. The van der Waals surface area contributed by atoms with Gasteiger partial charge in [0.2, 0.25) is 11.8 Å². The molecule has 3 saturated heterocycles. The maximum Gasteiger partial charge on any atom is 0.242 e. The minimum Gasteiger partial charge on any atom is -0.336 e. The van der Waals surface area contributed by atoms with Crippen molar-refractivity contribution in [3.63, 3.8) is 0 Å². The number of hydrogen-bond donors (Lipinski definition) is 0. The number of piperidine rings is 1. The minimum atomic E-state index is 0.147. The van der Waals surface area contributed by atoms with E-state index in [0.29, 0.717) is 18.4 Å². The highest BCUT2D eigenvalue weighted by molar-refractivity contribution is 5.85. The number of likely N-dealkylation sites (tertiary alicyclic amines) is 3. The van der Waals surface area contributed by atoms with Crippen molar-refractivity contribution < 1.29 is 9.59 Å². The molecule has 3 aliphatic heterocycles. The van der Waals surface area contributed by atoms with E-state index in [1.54, 1.807) is 0 Å². The first-order chi connectivity index (χ1) is 14.1. The number of hydrogen-bond acceptors (Lipinski definition) is 3. The number of likely N-dealkylation sites (N-methyl/N-ethyl adjacent to an activating group) is 1. The molecule has 0 unspecified atom stereocenters. The number of carbonyl (C=O) groups excluding carboxylic acids is 2. The predicted octanol–water partition coefficient (Wildman–Crippen LogP) is 3.26. The Labute approximate surface area is 175 Å². The molecular weight excluding hydrogens is 362 g/mol. The summed E-state index contributed by atoms with van der Waals surface area (Å²) >= 11 is 0. The van der Waals surface area contributed by atoms with Gasteiger partial charge in [0.1, 0.15) is 0 Å². The van der Waals surface area contributed by atoms with Crippen molar-refractivity contribution in [3.8, 4) is 0 Å². The third-order valence-corrected chi connectivity index (χ3v) is 7.22. The molecule has 0 radical (unpaired) electrons. The van der Waals surface area contributed by atoms with Crippen molar-refractivity contribution >= 4 is 11.8 Å². The van der Waals surface area contributed by atoms with Gasteiger partial charge in [0, 0.05) is 31.5 Å². The Hall–Kier alpha value is -1.88. The Morgan fingerprint density at radius 3 is 2.59 bits per heavy atom. The average molecular weight is 398 g/mol. The van der Waals surface area contributed by atoms with Gasteiger partial charge >= 0.3 is 0 Å². The van der Waals surface area contributed by atoms with Gasteiger partial charge in [-0.25, -0.2) is 0 Å². The topological polar surface area (TPSA) is 43.9 Å². The molecule has 0 aliphatic carbocycles. The van der Waals surface area contributed by atoms with Crippen molar-refractivity contribution in [1.29, 1.82) is 0 Å². The van der Waals surface area contributed by atoms with Gasteiger partial charge in [-0.3, -0.25) is 9.59 Å². The second-order valence-electron chi connectivity index (χ2n) is 9.05. The number of rotatable bonds is 3. The third-order valence-electron chi connectivity index (χ3n) is 7.22. The van der Waals surface area contributed by atoms with Gasteiger partial charge < -0.3 is 14.7 Å². The first kappa shape index (κ1) is 20.4. The van der Waals surface area contributed by atoms with Gasteiger partial charge in [-0.15, -0.1) is 0 Å². The number of fused-ring (bicyclic) bond motifs is 1. The summed E-state index contributed by atoms with van der Waals surface area (Å²) in [5.41, 5.74) is 1.35. The van der Waals surface area contributed by atoms with Crippen LogP contribution in [0.15, 0.2) is 30.3 Å². The van der Waals surface area contributed by atoms with Gasteiger partial charge in [-0.05, 0) is 51.3 Å². The second-order valence-corrected chi connectivity index (χ2v) is 9.05. The quantitative estimate of drug-likeness (QED) is 0.786. The SMILES string of the molecule is CN1CC[C@H](c2ccccc2)[C@@H]2[C@H]1CCCCN2C(=O)CN1CCCCCC1=O. The molecule has 5 nitrogen and oxygen atoms in total. The van der Waals surface area contributed by atoms with E-state index in [4.69, 9.17) is 0 Å². The van der Waals surface area contributed by atoms with Crippen molar-refractivity contribution in [2.75, 3.05) is 33.2 Å². The highest BCUT2D eigenvalue weighted by Gasteiger charge is 2.43. The predicted molar refractivity (Wildman–Crippen MR) is 115 cm³/mol. The highest BCUT2D eigenvalue weighted by atomic mass is 16.2. The van der Waals surface area contributed by atoms with Crippen LogP contribution in [-0.2, 0) is 9.59 Å². The Morgan fingerprint density at radius 2 is 1.76 bits per heavy atom. The molecule has 158 valence electrons. The molecule has 1 aromatic rings. The lowest BCUT2D eigenvalue weighted by Crippen LogP contribution is -2.59. The molecule has 1 aromatic carbocycles. The van der Waals surface area contributed by atoms with E-state index in [1.807, 2.05) is 4.90 Å². The fourth-order valence-electron chi connectivity index (χ4n) is 5.62. The average Bonchev–Trinajstić information content (AvgIpc) is 3.08. The first-order valence-corrected chi connectivity index (χ1v) is 11.5. The van der Waals surface area contributed by atoms with Gasteiger partial charge in [0.25, 0.3) is 0 Å². The maximum atomic E-state index is 13.5. The van der Waals surface area contributed by atoms with Gasteiger partial charge in [0.15, 0.2) is 0 Å². The fraction of sp³-hybridized carbons (Fsp3) is 0.667. The lowest BCUT2D eigenvalue weighted by molar-refractivity contribution is -0.143. The molecule has 5 heteroatoms. The standard InChI is InChI=1S/C24H35N3O2/c1-25-17-14-20(19-10-4-2-5-11-19)24-21(25)12-7-9-16-27(24)23(29)18-26-15-8-3-6-13-22(26)28/h2,4-5,10-11,20-21,24H,3,6-9,12-18H2,1H3/t20-,21-,24-/m1/s1. The Balaban J connectivity index is 1.59. The van der Waals surface area contributed by atoms with E-state index in [9.17, 15) is 9.59 Å². The van der Waals surface area contributed by atoms with E-state index < -0.39 is 0 Å². The van der Waals surface area contributed by atoms with E-state index >= 15 is 0 Å². The van der Waals surface area contributed by atoms with Crippen LogP contribution in [0, 0.1) is 0 Å². The summed E-state index contributed by atoms with van der Waals surface area (Å²) < 4.78 is 0. The summed E-state index contributed by atoms with van der Waals surface area (Å²) in [7, 11) is 2.21. The van der Waals surface area contributed by atoms with Crippen LogP contribution < -0.4 is 0 Å². The van der Waals surface area contributed by atoms with Gasteiger partial charge in [-0.1, -0.05) is 43.2 Å². The second kappa shape index (κ2) is 9.29. The number of amides is 2. The van der Waals surface area contributed by atoms with Gasteiger partial charge in [-0.2, -0.15) is 0 Å². The molecule has 0 aromatic heterocycles. The largest absolute Gasteiger partial charge is 0.336 e. The smallest absolute Gasteiger partial charge is 0.242 e.